The first-order chi connectivity index (χ1) is 11.0. The highest BCUT2D eigenvalue weighted by molar-refractivity contribution is 5.89. The average Bonchev–Trinajstić information content (AvgIpc) is 2.93. The van der Waals surface area contributed by atoms with E-state index in [1.54, 1.807) is 22.7 Å². The number of fused-ring (bicyclic) bond motifs is 2. The van der Waals surface area contributed by atoms with Crippen LogP contribution in [-0.2, 0) is 9.47 Å². The lowest BCUT2D eigenvalue weighted by Gasteiger charge is -2.58. The molecule has 6 heteroatoms. The summed E-state index contributed by atoms with van der Waals surface area (Å²) in [5.41, 5.74) is 1.12. The molecule has 0 N–H and O–H groups in total. The van der Waals surface area contributed by atoms with Crippen molar-refractivity contribution >= 4 is 11.6 Å². The molecule has 2 aliphatic rings. The monoisotopic (exact) mass is 315 g/mol. The number of pyridine rings is 1. The second-order valence-electron chi connectivity index (χ2n) is 7.14. The third-order valence-electron chi connectivity index (χ3n) is 5.27. The molecular weight excluding hydrogens is 294 g/mol. The zero-order valence-electron chi connectivity index (χ0n) is 13.7. The van der Waals surface area contributed by atoms with Crippen LogP contribution in [0.25, 0.3) is 5.65 Å². The normalized spacial score (nSPS) is 28.9. The maximum Gasteiger partial charge on any atom is 0.339 e. The van der Waals surface area contributed by atoms with E-state index in [4.69, 9.17) is 9.47 Å². The van der Waals surface area contributed by atoms with Crippen molar-refractivity contribution < 1.29 is 14.3 Å². The maximum atomic E-state index is 12.6. The van der Waals surface area contributed by atoms with Crippen LogP contribution in [-0.4, -0.2) is 39.4 Å². The second kappa shape index (κ2) is 5.03. The van der Waals surface area contributed by atoms with Crippen molar-refractivity contribution in [2.75, 3.05) is 6.61 Å². The maximum absolute atomic E-state index is 12.6. The molecule has 1 aliphatic heterocycles. The molecule has 2 fully saturated rings. The van der Waals surface area contributed by atoms with Gasteiger partial charge in [-0.15, -0.1) is 10.2 Å². The fourth-order valence-electron chi connectivity index (χ4n) is 4.02. The van der Waals surface area contributed by atoms with Crippen molar-refractivity contribution in [3.63, 3.8) is 0 Å². The van der Waals surface area contributed by atoms with Crippen molar-refractivity contribution in [2.24, 2.45) is 11.3 Å². The Hall–Kier alpha value is -1.95. The van der Waals surface area contributed by atoms with Gasteiger partial charge in [0.05, 0.1) is 11.7 Å². The van der Waals surface area contributed by atoms with E-state index in [0.29, 0.717) is 11.5 Å². The Morgan fingerprint density at radius 3 is 3.04 bits per heavy atom. The molecule has 1 saturated carbocycles. The summed E-state index contributed by atoms with van der Waals surface area (Å²) in [5.74, 6) is 0.782. The van der Waals surface area contributed by atoms with Gasteiger partial charge >= 0.3 is 5.97 Å². The first-order valence-electron chi connectivity index (χ1n) is 8.12. The molecule has 0 spiro atoms. The number of carbonyl (C=O) groups is 1. The lowest BCUT2D eigenvalue weighted by molar-refractivity contribution is -0.243. The molecule has 6 nitrogen and oxygen atoms in total. The summed E-state index contributed by atoms with van der Waals surface area (Å²) < 4.78 is 13.5. The van der Waals surface area contributed by atoms with E-state index >= 15 is 0 Å². The summed E-state index contributed by atoms with van der Waals surface area (Å²) in [7, 11) is 0. The molecule has 4 rings (SSSR count). The Kier molecular flexibility index (Phi) is 3.20. The van der Waals surface area contributed by atoms with Crippen LogP contribution in [0.15, 0.2) is 18.3 Å². The van der Waals surface area contributed by atoms with E-state index in [9.17, 15) is 4.79 Å². The number of carbonyl (C=O) groups excluding carboxylic acids is 1. The Labute approximate surface area is 134 Å². The first kappa shape index (κ1) is 14.6. The van der Waals surface area contributed by atoms with Crippen LogP contribution in [0.4, 0.5) is 0 Å². The SMILES string of the molecule is Cc1nnc2ccc(C(=O)O[C@@H]3[C@@H]4CCCO[C@H]4C3(C)C)cn12. The predicted molar refractivity (Wildman–Crippen MR) is 83.2 cm³/mol. The Morgan fingerprint density at radius 1 is 1.39 bits per heavy atom. The predicted octanol–water partition coefficient (Wildman–Crippen LogP) is 2.40. The number of ether oxygens (including phenoxy) is 2. The highest BCUT2D eigenvalue weighted by Gasteiger charge is 2.60. The third kappa shape index (κ3) is 2.16. The fourth-order valence-corrected chi connectivity index (χ4v) is 4.02. The molecule has 0 radical (unpaired) electrons. The molecular formula is C17H21N3O3. The summed E-state index contributed by atoms with van der Waals surface area (Å²) in [6, 6.07) is 3.53. The highest BCUT2D eigenvalue weighted by Crippen LogP contribution is 2.53. The zero-order chi connectivity index (χ0) is 16.2. The molecule has 122 valence electrons. The number of aromatic nitrogens is 3. The van der Waals surface area contributed by atoms with Crippen LogP contribution >= 0.6 is 0 Å². The Morgan fingerprint density at radius 2 is 2.22 bits per heavy atom. The highest BCUT2D eigenvalue weighted by atomic mass is 16.6. The number of esters is 1. The van der Waals surface area contributed by atoms with Crippen LogP contribution in [0.2, 0.25) is 0 Å². The van der Waals surface area contributed by atoms with Gasteiger partial charge in [-0.2, -0.15) is 0 Å². The minimum Gasteiger partial charge on any atom is -0.458 e. The number of nitrogens with zero attached hydrogens (tertiary/aromatic N) is 3. The van der Waals surface area contributed by atoms with Gasteiger partial charge in [0.2, 0.25) is 0 Å². The van der Waals surface area contributed by atoms with Crippen LogP contribution in [0.3, 0.4) is 0 Å². The summed E-state index contributed by atoms with van der Waals surface area (Å²) in [6.45, 7) is 6.90. The van der Waals surface area contributed by atoms with E-state index in [2.05, 4.69) is 24.0 Å². The van der Waals surface area contributed by atoms with E-state index < -0.39 is 0 Å². The van der Waals surface area contributed by atoms with Gasteiger partial charge in [-0.3, -0.25) is 4.40 Å². The summed E-state index contributed by atoms with van der Waals surface area (Å²) >= 11 is 0. The van der Waals surface area contributed by atoms with Gasteiger partial charge in [0.15, 0.2) is 5.65 Å². The molecule has 0 amide bonds. The summed E-state index contributed by atoms with van der Waals surface area (Å²) in [5, 5.41) is 8.03. The molecule has 1 saturated heterocycles. The lowest BCUT2D eigenvalue weighted by atomic mass is 9.57. The Balaban J connectivity index is 1.55. The largest absolute Gasteiger partial charge is 0.458 e. The van der Waals surface area contributed by atoms with Crippen molar-refractivity contribution in [2.45, 2.75) is 45.8 Å². The standard InChI is InChI=1S/C17H21N3O3/c1-10-18-19-13-7-6-11(9-20(10)13)16(21)23-15-12-5-4-8-22-14(12)17(15,2)3/h6-7,9,12,14-15H,4-5,8H2,1-3H3/t12-,14-,15-/m1/s1. The molecule has 2 aromatic heterocycles. The van der Waals surface area contributed by atoms with Gasteiger partial charge in [-0.1, -0.05) is 13.8 Å². The van der Waals surface area contributed by atoms with Crippen molar-refractivity contribution in [1.29, 1.82) is 0 Å². The summed E-state index contributed by atoms with van der Waals surface area (Å²) in [6.07, 6.45) is 3.97. The summed E-state index contributed by atoms with van der Waals surface area (Å²) in [4.78, 5) is 12.6. The van der Waals surface area contributed by atoms with Gasteiger partial charge in [0.25, 0.3) is 0 Å². The lowest BCUT2D eigenvalue weighted by Crippen LogP contribution is -2.65. The fraction of sp³-hybridized carbons (Fsp3) is 0.588. The van der Waals surface area contributed by atoms with E-state index in [1.807, 2.05) is 6.92 Å². The topological polar surface area (TPSA) is 65.7 Å². The zero-order valence-corrected chi connectivity index (χ0v) is 13.7. The molecule has 3 heterocycles. The molecule has 2 aromatic rings. The molecule has 0 bridgehead atoms. The van der Waals surface area contributed by atoms with Crippen molar-refractivity contribution in [1.82, 2.24) is 14.6 Å². The smallest absolute Gasteiger partial charge is 0.339 e. The van der Waals surface area contributed by atoms with Crippen molar-refractivity contribution in [3.8, 4) is 0 Å². The minimum atomic E-state index is -0.290. The quantitative estimate of drug-likeness (QED) is 0.796. The van der Waals surface area contributed by atoms with Gasteiger partial charge < -0.3 is 9.47 Å². The minimum absolute atomic E-state index is 0.0852. The van der Waals surface area contributed by atoms with Crippen LogP contribution in [0, 0.1) is 18.3 Å². The van der Waals surface area contributed by atoms with Crippen molar-refractivity contribution in [3.05, 3.63) is 29.7 Å². The van der Waals surface area contributed by atoms with Crippen LogP contribution in [0.5, 0.6) is 0 Å². The van der Waals surface area contributed by atoms with E-state index in [1.165, 1.54) is 0 Å². The molecule has 23 heavy (non-hydrogen) atoms. The van der Waals surface area contributed by atoms with Crippen LogP contribution < -0.4 is 0 Å². The van der Waals surface area contributed by atoms with Gasteiger partial charge in [-0.05, 0) is 31.9 Å². The number of aryl methyl sites for hydroxylation is 1. The van der Waals surface area contributed by atoms with Gasteiger partial charge in [0.1, 0.15) is 11.9 Å². The van der Waals surface area contributed by atoms with Gasteiger partial charge in [0, 0.05) is 24.1 Å². The second-order valence-corrected chi connectivity index (χ2v) is 7.14. The number of hydrogen-bond donors (Lipinski definition) is 0. The average molecular weight is 315 g/mol. The molecule has 0 aromatic carbocycles. The molecule has 1 aliphatic carbocycles. The van der Waals surface area contributed by atoms with Crippen LogP contribution in [0.1, 0.15) is 42.9 Å². The van der Waals surface area contributed by atoms with E-state index in [-0.39, 0.29) is 23.6 Å². The third-order valence-corrected chi connectivity index (χ3v) is 5.27. The van der Waals surface area contributed by atoms with E-state index in [0.717, 1.165) is 30.9 Å². The first-order valence-corrected chi connectivity index (χ1v) is 8.12. The van der Waals surface area contributed by atoms with Gasteiger partial charge in [-0.25, -0.2) is 4.79 Å². The molecule has 3 atom stereocenters. The number of rotatable bonds is 2. The Bertz CT molecular complexity index is 768. The number of hydrogen-bond acceptors (Lipinski definition) is 5. The molecule has 0 unspecified atom stereocenters.